The molecule has 5 heteroatoms. The van der Waals surface area contributed by atoms with Gasteiger partial charge in [-0.2, -0.15) is 0 Å². The molecule has 1 aliphatic rings. The number of carbonyl (C=O) groups excluding carboxylic acids is 1. The largest absolute Gasteiger partial charge is 0.483 e. The Labute approximate surface area is 160 Å². The Hall–Kier alpha value is -1.07. The normalized spacial score (nSPS) is 19.5. The number of hydrogen-bond acceptors (Lipinski definition) is 3. The average molecular weight is 411 g/mol. The van der Waals surface area contributed by atoms with E-state index in [1.54, 1.807) is 0 Å². The van der Waals surface area contributed by atoms with Crippen LogP contribution in [0.1, 0.15) is 57.2 Å². The summed E-state index contributed by atoms with van der Waals surface area (Å²) < 4.78 is 6.91. The van der Waals surface area contributed by atoms with E-state index in [1.807, 2.05) is 19.9 Å². The molecule has 0 radical (unpaired) electrons. The van der Waals surface area contributed by atoms with E-state index in [2.05, 4.69) is 61.2 Å². The van der Waals surface area contributed by atoms with Crippen molar-refractivity contribution in [2.24, 2.45) is 0 Å². The molecule has 1 fully saturated rings. The number of hydrogen-bond donors (Lipinski definition) is 2. The van der Waals surface area contributed by atoms with Crippen LogP contribution in [-0.4, -0.2) is 29.6 Å². The molecule has 2 N–H and O–H groups in total. The van der Waals surface area contributed by atoms with Crippen LogP contribution in [0.15, 0.2) is 10.5 Å². The molecule has 0 aromatic heterocycles. The number of carbonyl (C=O) groups is 1. The fourth-order valence-electron chi connectivity index (χ4n) is 4.00. The first-order valence-corrected chi connectivity index (χ1v) is 9.67. The van der Waals surface area contributed by atoms with Crippen molar-refractivity contribution in [2.75, 3.05) is 6.61 Å². The van der Waals surface area contributed by atoms with Crippen LogP contribution in [0.5, 0.6) is 5.75 Å². The lowest BCUT2D eigenvalue weighted by atomic mass is 9.79. The Morgan fingerprint density at radius 1 is 1.20 bits per heavy atom. The second kappa shape index (κ2) is 7.28. The highest BCUT2D eigenvalue weighted by molar-refractivity contribution is 9.10. The molecule has 2 rings (SSSR count). The molecule has 0 saturated carbocycles. The predicted molar refractivity (Wildman–Crippen MR) is 106 cm³/mol. The van der Waals surface area contributed by atoms with Crippen LogP contribution in [0, 0.1) is 20.8 Å². The molecule has 25 heavy (non-hydrogen) atoms. The summed E-state index contributed by atoms with van der Waals surface area (Å²) >= 11 is 3.59. The summed E-state index contributed by atoms with van der Waals surface area (Å²) in [6, 6.07) is 2.15. The monoisotopic (exact) mass is 410 g/mol. The molecule has 1 aromatic carbocycles. The third-order valence-corrected chi connectivity index (χ3v) is 6.09. The number of piperidine rings is 1. The summed E-state index contributed by atoms with van der Waals surface area (Å²) in [5.41, 5.74) is 3.35. The molecule has 0 aliphatic carbocycles. The fraction of sp³-hybridized carbons (Fsp3) is 0.650. The van der Waals surface area contributed by atoms with Crippen molar-refractivity contribution in [1.82, 2.24) is 10.6 Å². The second-order valence-corrected chi connectivity index (χ2v) is 9.40. The maximum Gasteiger partial charge on any atom is 0.258 e. The van der Waals surface area contributed by atoms with Crippen LogP contribution in [0.2, 0.25) is 0 Å². The van der Waals surface area contributed by atoms with E-state index in [4.69, 9.17) is 4.74 Å². The van der Waals surface area contributed by atoms with Crippen LogP contribution < -0.4 is 15.4 Å². The van der Waals surface area contributed by atoms with Gasteiger partial charge in [0.1, 0.15) is 5.75 Å². The summed E-state index contributed by atoms with van der Waals surface area (Å²) in [5, 5.41) is 6.78. The van der Waals surface area contributed by atoms with Crippen molar-refractivity contribution < 1.29 is 9.53 Å². The first-order valence-electron chi connectivity index (χ1n) is 8.88. The summed E-state index contributed by atoms with van der Waals surface area (Å²) in [7, 11) is 0. The van der Waals surface area contributed by atoms with Crippen molar-refractivity contribution in [3.05, 3.63) is 27.2 Å². The van der Waals surface area contributed by atoms with Gasteiger partial charge in [0.05, 0.1) is 0 Å². The second-order valence-electron chi connectivity index (χ2n) is 8.61. The zero-order chi connectivity index (χ0) is 19.0. The van der Waals surface area contributed by atoms with Gasteiger partial charge in [0, 0.05) is 21.6 Å². The third-order valence-electron chi connectivity index (χ3n) is 4.87. The van der Waals surface area contributed by atoms with E-state index in [-0.39, 0.29) is 29.6 Å². The molecular formula is C20H31BrN2O2. The number of amides is 1. The minimum atomic E-state index is -0.0591. The minimum absolute atomic E-state index is 0.0110. The summed E-state index contributed by atoms with van der Waals surface area (Å²) in [5.74, 6) is 0.718. The van der Waals surface area contributed by atoms with Gasteiger partial charge in [0.15, 0.2) is 6.61 Å². The van der Waals surface area contributed by atoms with Crippen LogP contribution in [-0.2, 0) is 4.79 Å². The Bertz CT molecular complexity index is 652. The van der Waals surface area contributed by atoms with Gasteiger partial charge in [-0.25, -0.2) is 0 Å². The van der Waals surface area contributed by atoms with Crippen molar-refractivity contribution in [3.8, 4) is 5.75 Å². The molecule has 1 saturated heterocycles. The van der Waals surface area contributed by atoms with Gasteiger partial charge in [0.25, 0.3) is 5.91 Å². The number of halogens is 1. The number of benzene rings is 1. The lowest BCUT2D eigenvalue weighted by Gasteiger charge is -2.46. The molecule has 0 atom stereocenters. The minimum Gasteiger partial charge on any atom is -0.483 e. The highest BCUT2D eigenvalue weighted by Gasteiger charge is 2.38. The molecule has 0 bridgehead atoms. The highest BCUT2D eigenvalue weighted by atomic mass is 79.9. The predicted octanol–water partition coefficient (Wildman–Crippen LogP) is 4.18. The number of rotatable bonds is 4. The zero-order valence-electron chi connectivity index (χ0n) is 16.5. The van der Waals surface area contributed by atoms with Crippen molar-refractivity contribution in [2.45, 2.75) is 78.4 Å². The Kier molecular flexibility index (Phi) is 5.89. The molecule has 1 amide bonds. The molecule has 0 unspecified atom stereocenters. The maximum atomic E-state index is 12.4. The van der Waals surface area contributed by atoms with E-state index in [9.17, 15) is 4.79 Å². The van der Waals surface area contributed by atoms with Crippen LogP contribution in [0.4, 0.5) is 0 Å². The van der Waals surface area contributed by atoms with Gasteiger partial charge in [0.2, 0.25) is 0 Å². The fourth-order valence-corrected chi connectivity index (χ4v) is 4.41. The Morgan fingerprint density at radius 3 is 2.32 bits per heavy atom. The van der Waals surface area contributed by atoms with Crippen LogP contribution >= 0.6 is 15.9 Å². The zero-order valence-corrected chi connectivity index (χ0v) is 18.1. The molecule has 4 nitrogen and oxygen atoms in total. The van der Waals surface area contributed by atoms with E-state index < -0.39 is 0 Å². The van der Waals surface area contributed by atoms with E-state index in [1.165, 1.54) is 0 Å². The molecular weight excluding hydrogens is 380 g/mol. The smallest absolute Gasteiger partial charge is 0.258 e. The van der Waals surface area contributed by atoms with Gasteiger partial charge >= 0.3 is 0 Å². The average Bonchev–Trinajstić information content (AvgIpc) is 2.44. The first kappa shape index (κ1) is 20.2. The van der Waals surface area contributed by atoms with E-state index >= 15 is 0 Å². The van der Waals surface area contributed by atoms with Crippen molar-refractivity contribution >= 4 is 21.8 Å². The molecule has 1 aliphatic heterocycles. The number of aryl methyl sites for hydroxylation is 1. The Morgan fingerprint density at radius 2 is 1.76 bits per heavy atom. The van der Waals surface area contributed by atoms with Gasteiger partial charge < -0.3 is 15.4 Å². The molecule has 1 aromatic rings. The highest BCUT2D eigenvalue weighted by Crippen LogP contribution is 2.31. The maximum absolute atomic E-state index is 12.4. The number of nitrogens with one attached hydrogen (secondary N) is 2. The molecule has 0 spiro atoms. The topological polar surface area (TPSA) is 50.4 Å². The third kappa shape index (κ3) is 5.20. The van der Waals surface area contributed by atoms with E-state index in [0.29, 0.717) is 0 Å². The SMILES string of the molecule is Cc1cc(OCC(=O)NC2CC(C)(C)NC(C)(C)C2)c(C)c(C)c1Br. The summed E-state index contributed by atoms with van der Waals surface area (Å²) in [4.78, 5) is 12.4. The van der Waals surface area contributed by atoms with Crippen molar-refractivity contribution in [3.63, 3.8) is 0 Å². The van der Waals surface area contributed by atoms with Crippen molar-refractivity contribution in [1.29, 1.82) is 0 Å². The van der Waals surface area contributed by atoms with Gasteiger partial charge in [-0.1, -0.05) is 15.9 Å². The lowest BCUT2D eigenvalue weighted by molar-refractivity contribution is -0.124. The molecule has 1 heterocycles. The number of ether oxygens (including phenoxy) is 1. The lowest BCUT2D eigenvalue weighted by Crippen LogP contribution is -2.62. The van der Waals surface area contributed by atoms with Crippen LogP contribution in [0.3, 0.4) is 0 Å². The summed E-state index contributed by atoms with van der Waals surface area (Å²) in [6.07, 6.45) is 1.83. The van der Waals surface area contributed by atoms with Gasteiger partial charge in [-0.3, -0.25) is 4.79 Å². The van der Waals surface area contributed by atoms with Gasteiger partial charge in [-0.05, 0) is 84.1 Å². The molecule has 140 valence electrons. The quantitative estimate of drug-likeness (QED) is 0.782. The summed E-state index contributed by atoms with van der Waals surface area (Å²) in [6.45, 7) is 14.9. The van der Waals surface area contributed by atoms with E-state index in [0.717, 1.165) is 39.8 Å². The van der Waals surface area contributed by atoms with Gasteiger partial charge in [-0.15, -0.1) is 0 Å². The Balaban J connectivity index is 1.98. The van der Waals surface area contributed by atoms with Crippen LogP contribution in [0.25, 0.3) is 0 Å². The first-order chi connectivity index (χ1) is 11.4. The standard InChI is InChI=1S/C20H31BrN2O2/c1-12-8-16(13(2)14(3)18(12)21)25-11-17(24)22-15-9-19(4,5)23-20(6,7)10-15/h8,15,23H,9-11H2,1-7H3,(H,22,24).